The van der Waals surface area contributed by atoms with Gasteiger partial charge in [-0.15, -0.1) is 0 Å². The van der Waals surface area contributed by atoms with Crippen LogP contribution >= 0.6 is 0 Å². The van der Waals surface area contributed by atoms with Crippen molar-refractivity contribution in [3.63, 3.8) is 0 Å². The first-order chi connectivity index (χ1) is 17.5. The minimum atomic E-state index is -1.84. The lowest BCUT2D eigenvalue weighted by molar-refractivity contribution is -0.148. The van der Waals surface area contributed by atoms with Gasteiger partial charge in [0.05, 0.1) is 0 Å². The smallest absolute Gasteiger partial charge is 0.260 e. The van der Waals surface area contributed by atoms with Crippen LogP contribution in [0.2, 0.25) is 0 Å². The highest BCUT2D eigenvalue weighted by Crippen LogP contribution is 2.34. The number of alkyl halides is 1. The Hall–Kier alpha value is -3.57. The van der Waals surface area contributed by atoms with Crippen LogP contribution in [0.25, 0.3) is 22.7 Å². The Morgan fingerprint density at radius 3 is 2.56 bits per heavy atom. The first-order valence-corrected chi connectivity index (χ1v) is 12.3. The summed E-state index contributed by atoms with van der Waals surface area (Å²) < 4.78 is 17.9. The van der Waals surface area contributed by atoms with Crippen LogP contribution in [-0.2, 0) is 4.79 Å². The lowest BCUT2D eigenvalue weighted by Crippen LogP contribution is -2.54. The molecule has 0 spiro atoms. The second-order valence-corrected chi connectivity index (χ2v) is 9.52. The standard InChI is InChI=1S/C25H32FN9O/c26-25(8-14-33(15-9-25)17-18(27)16-31-28)24(36)34-12-6-19(7-13-34)35-22-21(5-3-11-30-22)32-23(35)20-4-1-2-10-29-20/h1-5,10-11,16,19,31H,6-9,12-15,17,27-28H2/b18-16-. The summed E-state index contributed by atoms with van der Waals surface area (Å²) in [6.07, 6.45) is 6.75. The number of nitrogens with one attached hydrogen (secondary N) is 1. The van der Waals surface area contributed by atoms with Gasteiger partial charge in [-0.1, -0.05) is 6.07 Å². The third-order valence-electron chi connectivity index (χ3n) is 7.17. The Kier molecular flexibility index (Phi) is 6.84. The fourth-order valence-electron chi connectivity index (χ4n) is 5.25. The molecule has 11 heteroatoms. The van der Waals surface area contributed by atoms with Gasteiger partial charge < -0.3 is 20.6 Å². The Balaban J connectivity index is 1.27. The molecule has 0 unspecified atom stereocenters. The molecule has 5 rings (SSSR count). The van der Waals surface area contributed by atoms with Crippen LogP contribution in [0.3, 0.4) is 0 Å². The molecule has 0 aromatic carbocycles. The van der Waals surface area contributed by atoms with Gasteiger partial charge in [0.2, 0.25) is 0 Å². The van der Waals surface area contributed by atoms with Gasteiger partial charge in [0.15, 0.2) is 17.1 Å². The van der Waals surface area contributed by atoms with Crippen molar-refractivity contribution in [3.05, 3.63) is 54.6 Å². The molecule has 0 radical (unpaired) electrons. The van der Waals surface area contributed by atoms with Gasteiger partial charge in [-0.05, 0) is 37.1 Å². The zero-order chi connectivity index (χ0) is 25.1. The maximum atomic E-state index is 15.7. The molecule has 3 aromatic heterocycles. The summed E-state index contributed by atoms with van der Waals surface area (Å²) in [6, 6.07) is 9.65. The first kappa shape index (κ1) is 24.1. The molecule has 36 heavy (non-hydrogen) atoms. The fourth-order valence-corrected chi connectivity index (χ4v) is 5.25. The second-order valence-electron chi connectivity index (χ2n) is 9.52. The van der Waals surface area contributed by atoms with E-state index < -0.39 is 11.6 Å². The third kappa shape index (κ3) is 4.76. The van der Waals surface area contributed by atoms with Crippen molar-refractivity contribution in [1.82, 2.24) is 34.7 Å². The quantitative estimate of drug-likeness (QED) is 0.350. The zero-order valence-corrected chi connectivity index (χ0v) is 20.2. The summed E-state index contributed by atoms with van der Waals surface area (Å²) >= 11 is 0. The minimum Gasteiger partial charge on any atom is -0.400 e. The Morgan fingerprint density at radius 1 is 1.11 bits per heavy atom. The molecule has 5 N–H and O–H groups in total. The van der Waals surface area contributed by atoms with Crippen LogP contribution < -0.4 is 17.0 Å². The van der Waals surface area contributed by atoms with Crippen LogP contribution in [0.1, 0.15) is 31.7 Å². The number of amides is 1. The van der Waals surface area contributed by atoms with E-state index in [2.05, 4.69) is 20.0 Å². The number of fused-ring (bicyclic) bond motifs is 1. The van der Waals surface area contributed by atoms with Gasteiger partial charge in [0.1, 0.15) is 11.2 Å². The van der Waals surface area contributed by atoms with E-state index in [0.29, 0.717) is 51.3 Å². The zero-order valence-electron chi connectivity index (χ0n) is 20.2. The highest BCUT2D eigenvalue weighted by molar-refractivity contribution is 5.85. The summed E-state index contributed by atoms with van der Waals surface area (Å²) in [4.78, 5) is 30.8. The molecule has 0 bridgehead atoms. The number of piperidine rings is 2. The maximum absolute atomic E-state index is 15.7. The normalized spacial score (nSPS) is 19.5. The number of rotatable bonds is 6. The Morgan fingerprint density at radius 2 is 1.86 bits per heavy atom. The van der Waals surface area contributed by atoms with Crippen molar-refractivity contribution >= 4 is 17.1 Å². The summed E-state index contributed by atoms with van der Waals surface area (Å²) in [5, 5.41) is 0. The van der Waals surface area contributed by atoms with E-state index in [1.54, 1.807) is 17.3 Å². The number of halogens is 1. The van der Waals surface area contributed by atoms with Gasteiger partial charge in [-0.25, -0.2) is 14.4 Å². The molecule has 190 valence electrons. The largest absolute Gasteiger partial charge is 0.400 e. The molecule has 0 atom stereocenters. The number of imidazole rings is 1. The van der Waals surface area contributed by atoms with Gasteiger partial charge in [0.25, 0.3) is 5.91 Å². The molecule has 0 saturated carbocycles. The van der Waals surface area contributed by atoms with E-state index in [0.717, 1.165) is 22.7 Å². The number of likely N-dealkylation sites (tertiary alicyclic amines) is 2. The van der Waals surface area contributed by atoms with E-state index in [-0.39, 0.29) is 18.9 Å². The average molecular weight is 494 g/mol. The molecule has 3 aromatic rings. The van der Waals surface area contributed by atoms with Gasteiger partial charge in [-0.2, -0.15) is 0 Å². The van der Waals surface area contributed by atoms with Crippen molar-refractivity contribution in [3.8, 4) is 11.5 Å². The highest BCUT2D eigenvalue weighted by atomic mass is 19.1. The molecule has 2 aliphatic heterocycles. The number of nitrogens with zero attached hydrogens (tertiary/aromatic N) is 6. The van der Waals surface area contributed by atoms with Gasteiger partial charge in [0, 0.05) is 75.9 Å². The van der Waals surface area contributed by atoms with Crippen LogP contribution in [0, 0.1) is 0 Å². The predicted octanol–water partition coefficient (Wildman–Crippen LogP) is 1.72. The number of pyridine rings is 2. The molecule has 10 nitrogen and oxygen atoms in total. The van der Waals surface area contributed by atoms with Crippen molar-refractivity contribution in [2.24, 2.45) is 11.6 Å². The molecular formula is C25H32FN9O. The summed E-state index contributed by atoms with van der Waals surface area (Å²) in [5.41, 5.74) is 9.42. The van der Waals surface area contributed by atoms with Crippen molar-refractivity contribution in [2.75, 3.05) is 32.7 Å². The second kappa shape index (κ2) is 10.2. The van der Waals surface area contributed by atoms with Crippen LogP contribution in [-0.4, -0.2) is 73.6 Å². The van der Waals surface area contributed by atoms with E-state index in [1.165, 1.54) is 6.20 Å². The van der Waals surface area contributed by atoms with E-state index in [4.69, 9.17) is 16.6 Å². The molecule has 0 aliphatic carbocycles. The Labute approximate surface area is 209 Å². The van der Waals surface area contributed by atoms with E-state index >= 15 is 4.39 Å². The monoisotopic (exact) mass is 493 g/mol. The summed E-state index contributed by atoms with van der Waals surface area (Å²) in [7, 11) is 0. The number of carbonyl (C=O) groups excluding carboxylic acids is 1. The number of hydrogen-bond donors (Lipinski definition) is 3. The number of aromatic nitrogens is 4. The summed E-state index contributed by atoms with van der Waals surface area (Å²) in [6.45, 7) is 2.41. The average Bonchev–Trinajstić information content (AvgIpc) is 3.30. The number of hydrogen-bond acceptors (Lipinski definition) is 8. The van der Waals surface area contributed by atoms with Crippen LogP contribution in [0.5, 0.6) is 0 Å². The van der Waals surface area contributed by atoms with Crippen molar-refractivity contribution in [2.45, 2.75) is 37.4 Å². The maximum Gasteiger partial charge on any atom is 0.260 e. The molecule has 2 fully saturated rings. The van der Waals surface area contributed by atoms with Gasteiger partial charge in [-0.3, -0.25) is 20.5 Å². The number of carbonyl (C=O) groups is 1. The van der Waals surface area contributed by atoms with E-state index in [9.17, 15) is 4.79 Å². The SMILES string of the molecule is NN/C=C(\N)CN1CCC(F)(C(=O)N2CCC(n3c(-c4ccccn4)nc4cccnc43)CC2)CC1. The predicted molar refractivity (Wildman–Crippen MR) is 135 cm³/mol. The van der Waals surface area contributed by atoms with Crippen LogP contribution in [0.4, 0.5) is 4.39 Å². The Bertz CT molecular complexity index is 1230. The lowest BCUT2D eigenvalue weighted by Gasteiger charge is -2.40. The molecule has 2 aliphatic rings. The number of hydrazine groups is 1. The summed E-state index contributed by atoms with van der Waals surface area (Å²) in [5.74, 6) is 5.63. The van der Waals surface area contributed by atoms with Crippen molar-refractivity contribution in [1.29, 1.82) is 0 Å². The molecule has 2 saturated heterocycles. The number of nitrogens with two attached hydrogens (primary N) is 2. The fraction of sp³-hybridized carbons (Fsp3) is 0.440. The molecule has 5 heterocycles. The third-order valence-corrected chi connectivity index (χ3v) is 7.17. The van der Waals surface area contributed by atoms with E-state index in [1.807, 2.05) is 35.2 Å². The molecule has 1 amide bonds. The topological polar surface area (TPSA) is 131 Å². The van der Waals surface area contributed by atoms with Crippen LogP contribution in [0.15, 0.2) is 54.6 Å². The highest BCUT2D eigenvalue weighted by Gasteiger charge is 2.45. The molecular weight excluding hydrogens is 461 g/mol. The minimum absolute atomic E-state index is 0.0919. The first-order valence-electron chi connectivity index (χ1n) is 12.3. The van der Waals surface area contributed by atoms with Crippen molar-refractivity contribution < 1.29 is 9.18 Å². The lowest BCUT2D eigenvalue weighted by atomic mass is 9.90. The van der Waals surface area contributed by atoms with Gasteiger partial charge >= 0.3 is 0 Å².